The van der Waals surface area contributed by atoms with Gasteiger partial charge in [-0.3, -0.25) is 4.57 Å². The molecular formula is C29H47O4P. The first-order chi connectivity index (χ1) is 16.5. The van der Waals surface area contributed by atoms with E-state index < -0.39 is 13.4 Å². The van der Waals surface area contributed by atoms with Crippen LogP contribution in [0.1, 0.15) is 121 Å². The van der Waals surface area contributed by atoms with Crippen LogP contribution in [-0.4, -0.2) is 16.4 Å². The number of hydrogen-bond donors (Lipinski definition) is 2. The highest BCUT2D eigenvalue weighted by atomic mass is 31.2. The molecule has 2 rings (SSSR count). The first-order valence-electron chi connectivity index (χ1n) is 13.7. The lowest BCUT2D eigenvalue weighted by Gasteiger charge is -2.21. The molecule has 0 aromatic heterocycles. The third kappa shape index (κ3) is 11.5. The Hall–Kier alpha value is -1.19. The molecule has 4 nitrogen and oxygen atoms in total. The van der Waals surface area contributed by atoms with Crippen molar-refractivity contribution in [2.24, 2.45) is 0 Å². The van der Waals surface area contributed by atoms with Gasteiger partial charge >= 0.3 is 7.60 Å². The first kappa shape index (κ1) is 29.0. The molecule has 5 heteroatoms. The molecule has 0 aliphatic carbocycles. The average molecular weight is 491 g/mol. The third-order valence-corrected chi connectivity index (χ3v) is 7.71. The maximum atomic E-state index is 12.1. The van der Waals surface area contributed by atoms with E-state index in [0.29, 0.717) is 12.2 Å². The highest BCUT2D eigenvalue weighted by Gasteiger charge is 2.32. The molecule has 2 aromatic rings. The Morgan fingerprint density at radius 2 is 1.15 bits per heavy atom. The molecule has 0 aliphatic rings. The highest BCUT2D eigenvalue weighted by Crippen LogP contribution is 2.53. The van der Waals surface area contributed by atoms with Gasteiger partial charge in [0.25, 0.3) is 0 Å². The van der Waals surface area contributed by atoms with E-state index in [2.05, 4.69) is 6.92 Å². The van der Waals surface area contributed by atoms with Gasteiger partial charge in [-0.1, -0.05) is 146 Å². The largest absolute Gasteiger partial charge is 0.361 e. The molecule has 0 fully saturated rings. The molecule has 0 amide bonds. The molecule has 192 valence electrons. The predicted molar refractivity (Wildman–Crippen MR) is 144 cm³/mol. The van der Waals surface area contributed by atoms with Crippen LogP contribution in [0.25, 0.3) is 10.8 Å². The van der Waals surface area contributed by atoms with Crippen LogP contribution in [-0.2, 0) is 9.30 Å². The second-order valence-electron chi connectivity index (χ2n) is 9.68. The Kier molecular flexibility index (Phi) is 14.8. The van der Waals surface area contributed by atoms with Crippen LogP contribution >= 0.6 is 7.60 Å². The summed E-state index contributed by atoms with van der Waals surface area (Å²) in [6.07, 6.45) is 20.8. The second kappa shape index (κ2) is 17.3. The molecule has 0 spiro atoms. The van der Waals surface area contributed by atoms with Gasteiger partial charge in [0, 0.05) is 12.2 Å². The molecule has 2 N–H and O–H groups in total. The van der Waals surface area contributed by atoms with Gasteiger partial charge in [0.1, 0.15) is 0 Å². The van der Waals surface area contributed by atoms with Crippen molar-refractivity contribution in [1.82, 2.24) is 0 Å². The van der Waals surface area contributed by atoms with Crippen LogP contribution < -0.4 is 0 Å². The molecule has 0 heterocycles. The number of ether oxygens (including phenoxy) is 1. The lowest BCUT2D eigenvalue weighted by Crippen LogP contribution is -2.07. The first-order valence-corrected chi connectivity index (χ1v) is 15.4. The smallest absolute Gasteiger partial charge is 0.358 e. The monoisotopic (exact) mass is 490 g/mol. The minimum atomic E-state index is -4.42. The fourth-order valence-electron chi connectivity index (χ4n) is 4.68. The van der Waals surface area contributed by atoms with Crippen LogP contribution in [0.2, 0.25) is 0 Å². The fourth-order valence-corrected chi connectivity index (χ4v) is 5.57. The van der Waals surface area contributed by atoms with Gasteiger partial charge in [-0.25, -0.2) is 0 Å². The van der Waals surface area contributed by atoms with Gasteiger partial charge in [-0.15, -0.1) is 0 Å². The maximum absolute atomic E-state index is 12.1. The minimum absolute atomic E-state index is 0.372. The number of hydrogen-bond acceptors (Lipinski definition) is 2. The molecule has 1 atom stereocenters. The zero-order chi connectivity index (χ0) is 24.5. The van der Waals surface area contributed by atoms with E-state index in [1.54, 1.807) is 6.07 Å². The van der Waals surface area contributed by atoms with Crippen molar-refractivity contribution in [2.45, 2.75) is 116 Å². The van der Waals surface area contributed by atoms with Crippen molar-refractivity contribution in [2.75, 3.05) is 6.61 Å². The number of rotatable bonds is 20. The zero-order valence-electron chi connectivity index (χ0n) is 21.3. The number of benzene rings is 2. The van der Waals surface area contributed by atoms with Crippen LogP contribution in [0.3, 0.4) is 0 Å². The molecule has 0 bridgehead atoms. The molecule has 0 aliphatic heterocycles. The van der Waals surface area contributed by atoms with Gasteiger partial charge in [0.15, 0.2) is 5.85 Å². The summed E-state index contributed by atoms with van der Waals surface area (Å²) in [6, 6.07) is 13.2. The summed E-state index contributed by atoms with van der Waals surface area (Å²) in [5.74, 6) is -1.20. The summed E-state index contributed by atoms with van der Waals surface area (Å²) in [5, 5.41) is 1.80. The number of fused-ring (bicyclic) bond motifs is 1. The molecule has 0 radical (unpaired) electrons. The Morgan fingerprint density at radius 3 is 1.68 bits per heavy atom. The zero-order valence-corrected chi connectivity index (χ0v) is 22.2. The maximum Gasteiger partial charge on any atom is 0.358 e. The lowest BCUT2D eigenvalue weighted by atomic mass is 10.0. The van der Waals surface area contributed by atoms with Crippen molar-refractivity contribution in [3.05, 3.63) is 48.0 Å². The second-order valence-corrected chi connectivity index (χ2v) is 11.3. The van der Waals surface area contributed by atoms with E-state index in [1.807, 2.05) is 36.4 Å². The lowest BCUT2D eigenvalue weighted by molar-refractivity contribution is 0.0833. The van der Waals surface area contributed by atoms with Crippen molar-refractivity contribution >= 4 is 18.4 Å². The molecule has 0 saturated carbocycles. The summed E-state index contributed by atoms with van der Waals surface area (Å²) in [4.78, 5) is 19.8. The Morgan fingerprint density at radius 1 is 0.676 bits per heavy atom. The van der Waals surface area contributed by atoms with E-state index in [4.69, 9.17) is 4.74 Å². The third-order valence-electron chi connectivity index (χ3n) is 6.67. The molecule has 2 aromatic carbocycles. The van der Waals surface area contributed by atoms with Crippen molar-refractivity contribution in [3.63, 3.8) is 0 Å². The minimum Gasteiger partial charge on any atom is -0.361 e. The quantitative estimate of drug-likeness (QED) is 0.143. The van der Waals surface area contributed by atoms with Crippen LogP contribution in [0.5, 0.6) is 0 Å². The van der Waals surface area contributed by atoms with Crippen LogP contribution in [0.15, 0.2) is 42.5 Å². The SMILES string of the molecule is CCCCCCCCCCCCCCCCCCO[C@H](c1cccc2ccccc12)P(=O)(O)O. The van der Waals surface area contributed by atoms with Gasteiger partial charge in [0.2, 0.25) is 0 Å². The normalized spacial score (nSPS) is 12.9. The van der Waals surface area contributed by atoms with E-state index in [0.717, 1.165) is 30.0 Å². The van der Waals surface area contributed by atoms with E-state index in [-0.39, 0.29) is 0 Å². The summed E-state index contributed by atoms with van der Waals surface area (Å²) in [5.41, 5.74) is 0.572. The highest BCUT2D eigenvalue weighted by molar-refractivity contribution is 7.52. The fraction of sp³-hybridized carbons (Fsp3) is 0.655. The van der Waals surface area contributed by atoms with Gasteiger partial charge < -0.3 is 14.5 Å². The molecule has 0 unspecified atom stereocenters. The molecule has 34 heavy (non-hydrogen) atoms. The number of unbranched alkanes of at least 4 members (excludes halogenated alkanes) is 15. The van der Waals surface area contributed by atoms with Crippen molar-refractivity contribution in [1.29, 1.82) is 0 Å². The molecule has 0 saturated heterocycles. The van der Waals surface area contributed by atoms with E-state index in [1.165, 1.54) is 83.5 Å². The van der Waals surface area contributed by atoms with Gasteiger partial charge in [-0.05, 0) is 17.2 Å². The summed E-state index contributed by atoms with van der Waals surface area (Å²) in [6.45, 7) is 2.64. The standard InChI is InChI=1S/C29H47O4P/c1-2-3-4-5-6-7-8-9-10-11-12-13-14-15-16-19-25-33-29(34(30,31)32)28-24-20-22-26-21-17-18-23-27(26)28/h17-18,20-24,29H,2-16,19,25H2,1H3,(H2,30,31,32)/t29-/m0/s1. The van der Waals surface area contributed by atoms with E-state index in [9.17, 15) is 14.4 Å². The van der Waals surface area contributed by atoms with Gasteiger partial charge in [-0.2, -0.15) is 0 Å². The average Bonchev–Trinajstić information content (AvgIpc) is 2.82. The van der Waals surface area contributed by atoms with Crippen molar-refractivity contribution in [3.8, 4) is 0 Å². The van der Waals surface area contributed by atoms with Gasteiger partial charge in [0.05, 0.1) is 0 Å². The topological polar surface area (TPSA) is 66.8 Å². The van der Waals surface area contributed by atoms with E-state index >= 15 is 0 Å². The Bertz CT molecular complexity index is 826. The van der Waals surface area contributed by atoms with Crippen molar-refractivity contribution < 1.29 is 19.1 Å². The van der Waals surface area contributed by atoms with Crippen LogP contribution in [0.4, 0.5) is 0 Å². The Labute approximate surface area is 207 Å². The van der Waals surface area contributed by atoms with Crippen LogP contribution in [0, 0.1) is 0 Å². The summed E-state index contributed by atoms with van der Waals surface area (Å²) >= 11 is 0. The summed E-state index contributed by atoms with van der Waals surface area (Å²) < 4.78 is 17.9. The predicted octanol–water partition coefficient (Wildman–Crippen LogP) is 9.29. The Balaban J connectivity index is 1.53. The summed E-state index contributed by atoms with van der Waals surface area (Å²) in [7, 11) is -4.42. The molecular weight excluding hydrogens is 443 g/mol.